The Labute approximate surface area is 135 Å². The van der Waals surface area contributed by atoms with Crippen molar-refractivity contribution in [2.75, 3.05) is 19.6 Å². The second kappa shape index (κ2) is 6.49. The van der Waals surface area contributed by atoms with Crippen LogP contribution in [0.4, 0.5) is 0 Å². The van der Waals surface area contributed by atoms with E-state index in [0.717, 1.165) is 43.4 Å². The summed E-state index contributed by atoms with van der Waals surface area (Å²) < 4.78 is 1.10. The molecule has 1 amide bonds. The van der Waals surface area contributed by atoms with Crippen LogP contribution in [0.2, 0.25) is 0 Å². The van der Waals surface area contributed by atoms with Crippen LogP contribution in [0.25, 0.3) is 0 Å². The van der Waals surface area contributed by atoms with Gasteiger partial charge in [0.15, 0.2) is 0 Å². The minimum absolute atomic E-state index is 0.200. The molecule has 1 heterocycles. The van der Waals surface area contributed by atoms with Gasteiger partial charge in [-0.25, -0.2) is 0 Å². The van der Waals surface area contributed by atoms with Gasteiger partial charge in [0.2, 0.25) is 5.91 Å². The number of rotatable bonds is 5. The summed E-state index contributed by atoms with van der Waals surface area (Å²) in [6, 6.07) is 8.80. The Morgan fingerprint density at radius 2 is 2.33 bits per heavy atom. The van der Waals surface area contributed by atoms with Crippen LogP contribution in [0.3, 0.4) is 0 Å². The van der Waals surface area contributed by atoms with E-state index < -0.39 is 0 Å². The molecule has 1 saturated heterocycles. The van der Waals surface area contributed by atoms with E-state index in [-0.39, 0.29) is 5.92 Å². The Morgan fingerprint density at radius 1 is 1.48 bits per heavy atom. The fourth-order valence-corrected chi connectivity index (χ4v) is 3.82. The number of halogens is 1. The highest BCUT2D eigenvalue weighted by atomic mass is 79.9. The molecular formula is C17H23BrN2O. The minimum Gasteiger partial charge on any atom is -0.338 e. The molecule has 1 aromatic carbocycles. The Bertz CT molecular complexity index is 513. The van der Waals surface area contributed by atoms with E-state index in [9.17, 15) is 4.79 Å². The van der Waals surface area contributed by atoms with Crippen LogP contribution in [0.5, 0.6) is 0 Å². The summed E-state index contributed by atoms with van der Waals surface area (Å²) in [5.74, 6) is 0.991. The van der Waals surface area contributed by atoms with Gasteiger partial charge in [0, 0.05) is 29.5 Å². The lowest BCUT2D eigenvalue weighted by Gasteiger charge is -2.28. The Morgan fingerprint density at radius 3 is 3.00 bits per heavy atom. The van der Waals surface area contributed by atoms with Gasteiger partial charge < -0.3 is 10.2 Å². The van der Waals surface area contributed by atoms with E-state index in [2.05, 4.69) is 51.3 Å². The van der Waals surface area contributed by atoms with Gasteiger partial charge in [-0.05, 0) is 49.4 Å². The van der Waals surface area contributed by atoms with Crippen LogP contribution >= 0.6 is 15.9 Å². The molecule has 3 rings (SSSR count). The molecule has 1 N–H and O–H groups in total. The zero-order valence-corrected chi connectivity index (χ0v) is 14.1. The molecule has 0 bridgehead atoms. The molecule has 4 heteroatoms. The van der Waals surface area contributed by atoms with Gasteiger partial charge in [-0.2, -0.15) is 0 Å². The van der Waals surface area contributed by atoms with E-state index in [0.29, 0.717) is 17.9 Å². The van der Waals surface area contributed by atoms with Crippen LogP contribution in [0, 0.1) is 5.92 Å². The topological polar surface area (TPSA) is 32.3 Å². The highest BCUT2D eigenvalue weighted by molar-refractivity contribution is 9.10. The summed E-state index contributed by atoms with van der Waals surface area (Å²) in [6.45, 7) is 5.05. The second-order valence-corrected chi connectivity index (χ2v) is 7.10. The third-order valence-electron chi connectivity index (χ3n) is 4.61. The molecule has 1 aliphatic heterocycles. The predicted octanol–water partition coefficient (Wildman–Crippen LogP) is 3.15. The highest BCUT2D eigenvalue weighted by Gasteiger charge is 2.46. The zero-order valence-electron chi connectivity index (χ0n) is 12.5. The van der Waals surface area contributed by atoms with Crippen LogP contribution in [0.15, 0.2) is 28.7 Å². The summed E-state index contributed by atoms with van der Waals surface area (Å²) >= 11 is 3.52. The molecule has 0 radical (unpaired) electrons. The lowest BCUT2D eigenvalue weighted by Crippen LogP contribution is -2.43. The number of hydrogen-bond acceptors (Lipinski definition) is 2. The molecule has 1 aromatic rings. The first-order chi connectivity index (χ1) is 10.2. The Hall–Kier alpha value is -0.870. The largest absolute Gasteiger partial charge is 0.338 e. The molecule has 2 aliphatic rings. The number of amides is 1. The van der Waals surface area contributed by atoms with Crippen molar-refractivity contribution in [3.05, 3.63) is 34.3 Å². The number of nitrogens with zero attached hydrogens (tertiary/aromatic N) is 1. The maximum absolute atomic E-state index is 12.8. The summed E-state index contributed by atoms with van der Waals surface area (Å²) in [6.07, 6.45) is 3.15. The summed E-state index contributed by atoms with van der Waals surface area (Å²) in [4.78, 5) is 15.0. The molecule has 0 aromatic heterocycles. The zero-order chi connectivity index (χ0) is 14.8. The highest BCUT2D eigenvalue weighted by Crippen LogP contribution is 2.49. The smallest absolute Gasteiger partial charge is 0.226 e. The monoisotopic (exact) mass is 350 g/mol. The van der Waals surface area contributed by atoms with Crippen LogP contribution < -0.4 is 5.32 Å². The minimum atomic E-state index is 0.200. The van der Waals surface area contributed by atoms with Gasteiger partial charge in [0.05, 0.1) is 0 Å². The quantitative estimate of drug-likeness (QED) is 0.884. The molecule has 1 aliphatic carbocycles. The van der Waals surface area contributed by atoms with Crippen molar-refractivity contribution in [1.29, 1.82) is 0 Å². The predicted molar refractivity (Wildman–Crippen MR) is 88.3 cm³/mol. The molecule has 2 fully saturated rings. The average molecular weight is 351 g/mol. The fraction of sp³-hybridized carbons (Fsp3) is 0.588. The molecular weight excluding hydrogens is 328 g/mol. The molecule has 21 heavy (non-hydrogen) atoms. The van der Waals surface area contributed by atoms with Gasteiger partial charge in [0.1, 0.15) is 0 Å². The van der Waals surface area contributed by atoms with Gasteiger partial charge in [-0.3, -0.25) is 4.79 Å². The SMILES string of the molecule is CCCN(C(=O)C1CC1c1cccc(Br)c1)C1CCNC1. The van der Waals surface area contributed by atoms with E-state index >= 15 is 0 Å². The van der Waals surface area contributed by atoms with Crippen molar-refractivity contribution in [2.45, 2.75) is 38.1 Å². The first-order valence-corrected chi connectivity index (χ1v) is 8.76. The standard InChI is InChI=1S/C17H23BrN2O/c1-2-8-20(14-6-7-19-11-14)17(21)16-10-15(16)12-4-3-5-13(18)9-12/h3-5,9,14-16,19H,2,6-8,10-11H2,1H3. The number of carbonyl (C=O) groups excluding carboxylic acids is 1. The molecule has 3 atom stereocenters. The van der Waals surface area contributed by atoms with E-state index in [1.807, 2.05) is 6.07 Å². The molecule has 3 nitrogen and oxygen atoms in total. The number of carbonyl (C=O) groups is 1. The van der Waals surface area contributed by atoms with Gasteiger partial charge in [0.25, 0.3) is 0 Å². The van der Waals surface area contributed by atoms with Crippen molar-refractivity contribution in [1.82, 2.24) is 10.2 Å². The Kier molecular flexibility index (Phi) is 4.65. The maximum atomic E-state index is 12.8. The third kappa shape index (κ3) is 3.32. The number of benzene rings is 1. The van der Waals surface area contributed by atoms with E-state index in [1.165, 1.54) is 5.56 Å². The third-order valence-corrected chi connectivity index (χ3v) is 5.10. The van der Waals surface area contributed by atoms with Crippen LogP contribution in [-0.4, -0.2) is 36.5 Å². The van der Waals surface area contributed by atoms with Crippen molar-refractivity contribution < 1.29 is 4.79 Å². The molecule has 114 valence electrons. The summed E-state index contributed by atoms with van der Waals surface area (Å²) in [7, 11) is 0. The molecule has 3 unspecified atom stereocenters. The maximum Gasteiger partial charge on any atom is 0.226 e. The second-order valence-electron chi connectivity index (χ2n) is 6.18. The first-order valence-electron chi connectivity index (χ1n) is 7.97. The summed E-state index contributed by atoms with van der Waals surface area (Å²) in [5.41, 5.74) is 1.30. The van der Waals surface area contributed by atoms with Crippen LogP contribution in [-0.2, 0) is 4.79 Å². The molecule has 0 spiro atoms. The first kappa shape index (κ1) is 15.0. The molecule has 1 saturated carbocycles. The van der Waals surface area contributed by atoms with Crippen molar-refractivity contribution in [3.63, 3.8) is 0 Å². The van der Waals surface area contributed by atoms with Crippen molar-refractivity contribution in [3.8, 4) is 0 Å². The lowest BCUT2D eigenvalue weighted by atomic mass is 10.1. The van der Waals surface area contributed by atoms with Gasteiger partial charge in [-0.1, -0.05) is 35.0 Å². The normalized spacial score (nSPS) is 27.6. The van der Waals surface area contributed by atoms with Crippen molar-refractivity contribution in [2.24, 2.45) is 5.92 Å². The van der Waals surface area contributed by atoms with Gasteiger partial charge in [-0.15, -0.1) is 0 Å². The lowest BCUT2D eigenvalue weighted by molar-refractivity contribution is -0.134. The van der Waals surface area contributed by atoms with Gasteiger partial charge >= 0.3 is 0 Å². The Balaban J connectivity index is 1.67. The number of nitrogens with one attached hydrogen (secondary N) is 1. The van der Waals surface area contributed by atoms with Crippen molar-refractivity contribution >= 4 is 21.8 Å². The van der Waals surface area contributed by atoms with E-state index in [1.54, 1.807) is 0 Å². The van der Waals surface area contributed by atoms with Crippen LogP contribution in [0.1, 0.15) is 37.7 Å². The average Bonchev–Trinajstić information content (AvgIpc) is 3.11. The summed E-state index contributed by atoms with van der Waals surface area (Å²) in [5, 5.41) is 3.38. The number of hydrogen-bond donors (Lipinski definition) is 1. The van der Waals surface area contributed by atoms with E-state index in [4.69, 9.17) is 0 Å². The fourth-order valence-electron chi connectivity index (χ4n) is 3.41.